The molecule has 1 aliphatic rings. The molecule has 1 heterocycles. The van der Waals surface area contributed by atoms with Crippen LogP contribution in [0.5, 0.6) is 0 Å². The van der Waals surface area contributed by atoms with E-state index in [9.17, 15) is 0 Å². The van der Waals surface area contributed by atoms with Crippen molar-refractivity contribution in [3.05, 3.63) is 35.9 Å². The fourth-order valence-electron chi connectivity index (χ4n) is 2.32. The van der Waals surface area contributed by atoms with Crippen molar-refractivity contribution in [1.29, 1.82) is 0 Å². The summed E-state index contributed by atoms with van der Waals surface area (Å²) in [5, 5.41) is 3.65. The molecule has 0 aromatic heterocycles. The van der Waals surface area contributed by atoms with E-state index in [-0.39, 0.29) is 0 Å². The summed E-state index contributed by atoms with van der Waals surface area (Å²) in [4.78, 5) is 2.40. The van der Waals surface area contributed by atoms with Gasteiger partial charge in [0.2, 0.25) is 0 Å². The van der Waals surface area contributed by atoms with Crippen LogP contribution in [-0.4, -0.2) is 42.6 Å². The highest BCUT2D eigenvalue weighted by Gasteiger charge is 2.13. The quantitative estimate of drug-likeness (QED) is 0.762. The van der Waals surface area contributed by atoms with Gasteiger partial charge in [-0.25, -0.2) is 0 Å². The fourth-order valence-corrected chi connectivity index (χ4v) is 3.51. The van der Waals surface area contributed by atoms with Crippen molar-refractivity contribution in [3.63, 3.8) is 0 Å². The first kappa shape index (κ1) is 13.9. The Labute approximate surface area is 115 Å². The van der Waals surface area contributed by atoms with Crippen molar-refractivity contribution in [2.75, 3.05) is 31.6 Å². The number of rotatable bonds is 7. The van der Waals surface area contributed by atoms with Crippen LogP contribution in [0.25, 0.3) is 0 Å². The highest BCUT2D eigenvalue weighted by Crippen LogP contribution is 2.16. The molecule has 0 aliphatic carbocycles. The molecule has 1 atom stereocenters. The molecule has 2 nitrogen and oxygen atoms in total. The fraction of sp³-hybridized carbons (Fsp3) is 0.600. The topological polar surface area (TPSA) is 15.3 Å². The lowest BCUT2D eigenvalue weighted by atomic mass is 10.2. The zero-order valence-electron chi connectivity index (χ0n) is 11.3. The van der Waals surface area contributed by atoms with E-state index in [0.717, 1.165) is 19.1 Å². The Balaban J connectivity index is 1.55. The van der Waals surface area contributed by atoms with Crippen molar-refractivity contribution in [2.24, 2.45) is 0 Å². The number of hydrogen-bond acceptors (Lipinski definition) is 3. The van der Waals surface area contributed by atoms with Crippen LogP contribution < -0.4 is 5.32 Å². The summed E-state index contributed by atoms with van der Waals surface area (Å²) in [5.74, 6) is 2.64. The maximum Gasteiger partial charge on any atom is 0.0230 e. The first-order valence-corrected chi connectivity index (χ1v) is 8.03. The molecule has 1 aromatic rings. The van der Waals surface area contributed by atoms with E-state index < -0.39 is 0 Å². The number of nitrogens with one attached hydrogen (secondary N) is 1. The maximum absolute atomic E-state index is 3.65. The molecule has 0 radical (unpaired) electrons. The van der Waals surface area contributed by atoms with E-state index in [1.165, 1.54) is 36.5 Å². The van der Waals surface area contributed by atoms with Crippen molar-refractivity contribution in [1.82, 2.24) is 10.2 Å². The summed E-state index contributed by atoms with van der Waals surface area (Å²) < 4.78 is 0. The summed E-state index contributed by atoms with van der Waals surface area (Å²) in [6.45, 7) is 3.38. The molecule has 1 aliphatic heterocycles. The smallest absolute Gasteiger partial charge is 0.0230 e. The lowest BCUT2D eigenvalue weighted by Crippen LogP contribution is -2.31. The molecule has 0 bridgehead atoms. The summed E-state index contributed by atoms with van der Waals surface area (Å²) in [7, 11) is 2.21. The van der Waals surface area contributed by atoms with Crippen LogP contribution in [0.15, 0.2) is 30.3 Å². The van der Waals surface area contributed by atoms with Crippen LogP contribution >= 0.6 is 11.8 Å². The highest BCUT2D eigenvalue weighted by atomic mass is 32.2. The SMILES string of the molecule is CN(CCCNC1CCSC1)Cc1ccccc1. The molecule has 1 fully saturated rings. The predicted molar refractivity (Wildman–Crippen MR) is 81.1 cm³/mol. The molecule has 2 rings (SSSR count). The molecule has 0 saturated carbocycles. The van der Waals surface area contributed by atoms with Gasteiger partial charge in [0.25, 0.3) is 0 Å². The van der Waals surface area contributed by atoms with E-state index in [4.69, 9.17) is 0 Å². The van der Waals surface area contributed by atoms with Crippen LogP contribution in [0.2, 0.25) is 0 Å². The zero-order chi connectivity index (χ0) is 12.6. The third-order valence-electron chi connectivity index (χ3n) is 3.37. The molecule has 100 valence electrons. The molecule has 18 heavy (non-hydrogen) atoms. The third-order valence-corrected chi connectivity index (χ3v) is 4.54. The van der Waals surface area contributed by atoms with E-state index in [2.05, 4.69) is 59.4 Å². The van der Waals surface area contributed by atoms with Gasteiger partial charge in [-0.15, -0.1) is 0 Å². The molecular weight excluding hydrogens is 240 g/mol. The predicted octanol–water partition coefficient (Wildman–Crippen LogP) is 2.60. The average molecular weight is 264 g/mol. The molecule has 0 amide bonds. The van der Waals surface area contributed by atoms with E-state index in [0.29, 0.717) is 0 Å². The zero-order valence-corrected chi connectivity index (χ0v) is 12.1. The third kappa shape index (κ3) is 5.01. The van der Waals surface area contributed by atoms with Gasteiger partial charge in [-0.2, -0.15) is 11.8 Å². The van der Waals surface area contributed by atoms with Gasteiger partial charge in [0.15, 0.2) is 0 Å². The Morgan fingerprint density at radius 1 is 1.33 bits per heavy atom. The lowest BCUT2D eigenvalue weighted by molar-refractivity contribution is 0.317. The monoisotopic (exact) mass is 264 g/mol. The largest absolute Gasteiger partial charge is 0.313 e. The minimum atomic E-state index is 0.773. The van der Waals surface area contributed by atoms with E-state index in [1.807, 2.05) is 0 Å². The van der Waals surface area contributed by atoms with Crippen LogP contribution in [-0.2, 0) is 6.54 Å². The molecule has 1 unspecified atom stereocenters. The van der Waals surface area contributed by atoms with Crippen molar-refractivity contribution in [3.8, 4) is 0 Å². The Morgan fingerprint density at radius 2 is 2.17 bits per heavy atom. The molecule has 1 aromatic carbocycles. The number of hydrogen-bond donors (Lipinski definition) is 1. The first-order valence-electron chi connectivity index (χ1n) is 6.88. The van der Waals surface area contributed by atoms with Crippen LogP contribution in [0.3, 0.4) is 0 Å². The number of thioether (sulfide) groups is 1. The maximum atomic E-state index is 3.65. The van der Waals surface area contributed by atoms with E-state index >= 15 is 0 Å². The normalized spacial score (nSPS) is 19.6. The summed E-state index contributed by atoms with van der Waals surface area (Å²) in [5.41, 5.74) is 1.40. The van der Waals surface area contributed by atoms with Gasteiger partial charge in [-0.1, -0.05) is 30.3 Å². The standard InChI is InChI=1S/C15H24N2S/c1-17(12-14-6-3-2-4-7-14)10-5-9-16-15-8-11-18-13-15/h2-4,6-7,15-16H,5,8-13H2,1H3. The Morgan fingerprint density at radius 3 is 2.89 bits per heavy atom. The van der Waals surface area contributed by atoms with Gasteiger partial charge < -0.3 is 10.2 Å². The molecule has 3 heteroatoms. The van der Waals surface area contributed by atoms with Gasteiger partial charge >= 0.3 is 0 Å². The van der Waals surface area contributed by atoms with Crippen LogP contribution in [0.4, 0.5) is 0 Å². The van der Waals surface area contributed by atoms with Crippen molar-refractivity contribution < 1.29 is 0 Å². The Kier molecular flexibility index (Phi) is 6.05. The Bertz CT molecular complexity index is 323. The second-order valence-corrected chi connectivity index (χ2v) is 6.24. The second kappa shape index (κ2) is 7.82. The summed E-state index contributed by atoms with van der Waals surface area (Å²) in [6.07, 6.45) is 2.59. The Hall–Kier alpha value is -0.510. The number of benzene rings is 1. The average Bonchev–Trinajstić information content (AvgIpc) is 2.89. The minimum absolute atomic E-state index is 0.773. The van der Waals surface area contributed by atoms with Gasteiger partial charge in [-0.05, 0) is 44.3 Å². The summed E-state index contributed by atoms with van der Waals surface area (Å²) in [6, 6.07) is 11.5. The molecule has 1 saturated heterocycles. The highest BCUT2D eigenvalue weighted by molar-refractivity contribution is 7.99. The molecule has 1 N–H and O–H groups in total. The van der Waals surface area contributed by atoms with Gasteiger partial charge in [0.05, 0.1) is 0 Å². The van der Waals surface area contributed by atoms with Gasteiger partial charge in [-0.3, -0.25) is 0 Å². The second-order valence-electron chi connectivity index (χ2n) is 5.09. The van der Waals surface area contributed by atoms with Gasteiger partial charge in [0, 0.05) is 18.3 Å². The van der Waals surface area contributed by atoms with E-state index in [1.54, 1.807) is 0 Å². The minimum Gasteiger partial charge on any atom is -0.313 e. The lowest BCUT2D eigenvalue weighted by Gasteiger charge is -2.17. The van der Waals surface area contributed by atoms with Crippen LogP contribution in [0, 0.1) is 0 Å². The first-order chi connectivity index (χ1) is 8.84. The number of nitrogens with zero attached hydrogens (tertiary/aromatic N) is 1. The van der Waals surface area contributed by atoms with Gasteiger partial charge in [0.1, 0.15) is 0 Å². The summed E-state index contributed by atoms with van der Waals surface area (Å²) >= 11 is 2.08. The molecule has 0 spiro atoms. The molecular formula is C15H24N2S. The van der Waals surface area contributed by atoms with Crippen molar-refractivity contribution >= 4 is 11.8 Å². The van der Waals surface area contributed by atoms with Crippen LogP contribution in [0.1, 0.15) is 18.4 Å². The van der Waals surface area contributed by atoms with Crippen molar-refractivity contribution in [2.45, 2.75) is 25.4 Å².